The highest BCUT2D eigenvalue weighted by atomic mass is 32.2. The summed E-state index contributed by atoms with van der Waals surface area (Å²) in [5, 5.41) is 3.27. The molecule has 1 aliphatic rings. The molecule has 0 fully saturated rings. The third-order valence-corrected chi connectivity index (χ3v) is 3.84. The molecule has 0 saturated carbocycles. The van der Waals surface area contributed by atoms with Crippen molar-refractivity contribution in [2.24, 2.45) is 16.8 Å². The van der Waals surface area contributed by atoms with Crippen LogP contribution < -0.4 is 5.32 Å². The van der Waals surface area contributed by atoms with Crippen molar-refractivity contribution in [2.45, 2.75) is 26.7 Å². The number of hydrogen-bond donors (Lipinski definition) is 1. The van der Waals surface area contributed by atoms with Gasteiger partial charge in [-0.3, -0.25) is 4.99 Å². The molecule has 1 N–H and O–H groups in total. The van der Waals surface area contributed by atoms with E-state index in [-0.39, 0.29) is 0 Å². The van der Waals surface area contributed by atoms with Crippen LogP contribution in [0.2, 0.25) is 0 Å². The van der Waals surface area contributed by atoms with Crippen LogP contribution in [0.25, 0.3) is 0 Å². The Bertz CT molecular complexity index is 345. The summed E-state index contributed by atoms with van der Waals surface area (Å²) in [6, 6.07) is 0. The minimum absolute atomic E-state index is 0.674. The molecule has 0 aromatic carbocycles. The molecule has 0 aromatic heterocycles. The number of aliphatic imine (C=N–C) groups is 1. The highest BCUT2D eigenvalue weighted by Crippen LogP contribution is 2.22. The van der Waals surface area contributed by atoms with Crippen molar-refractivity contribution in [1.82, 2.24) is 5.32 Å². The molecule has 1 aliphatic heterocycles. The van der Waals surface area contributed by atoms with Crippen LogP contribution in [0.1, 0.15) is 26.7 Å². The van der Waals surface area contributed by atoms with Crippen LogP contribution in [-0.2, 0) is 0 Å². The monoisotopic (exact) mass is 266 g/mol. The standard InChI is InChI=1S/C14H24N3S/c1-4-15-9-10-16-8-5-13(2)14-6-11-17(18-3)12-7-14/h4,6,9-14,16H,5,7-8H2,1-3H3/q+1/b10-9-,15-4-. The molecule has 0 aromatic rings. The van der Waals surface area contributed by atoms with Gasteiger partial charge in [0.15, 0.2) is 24.4 Å². The van der Waals surface area contributed by atoms with Gasteiger partial charge in [0.2, 0.25) is 0 Å². The van der Waals surface area contributed by atoms with Gasteiger partial charge in [0.1, 0.15) is 0 Å². The van der Waals surface area contributed by atoms with Gasteiger partial charge in [0.25, 0.3) is 0 Å². The lowest BCUT2D eigenvalue weighted by molar-refractivity contribution is -0.256. The molecule has 2 unspecified atom stereocenters. The van der Waals surface area contributed by atoms with Crippen LogP contribution in [0.4, 0.5) is 0 Å². The van der Waals surface area contributed by atoms with Crippen molar-refractivity contribution >= 4 is 24.4 Å². The molecule has 1 rings (SSSR count). The molecule has 0 amide bonds. The summed E-state index contributed by atoms with van der Waals surface area (Å²) >= 11 is 1.74. The van der Waals surface area contributed by atoms with Gasteiger partial charge in [0.05, 0.1) is 0 Å². The third kappa shape index (κ3) is 5.54. The lowest BCUT2D eigenvalue weighted by atomic mass is 9.88. The van der Waals surface area contributed by atoms with Crippen LogP contribution in [0.5, 0.6) is 0 Å². The maximum absolute atomic E-state index is 4.00. The largest absolute Gasteiger partial charge is 0.390 e. The van der Waals surface area contributed by atoms with E-state index in [0.29, 0.717) is 11.8 Å². The Kier molecular flexibility index (Phi) is 7.49. The normalized spacial score (nSPS) is 21.5. The Balaban J connectivity index is 2.20. The van der Waals surface area contributed by atoms with Crippen LogP contribution >= 0.6 is 11.9 Å². The minimum atomic E-state index is 0.674. The van der Waals surface area contributed by atoms with Crippen molar-refractivity contribution in [3.8, 4) is 0 Å². The second-order valence-corrected chi connectivity index (χ2v) is 5.20. The SMILES string of the molecule is C/C=N\C=C/NCCC(C)C1C=C[N+](SC)=CC1. The topological polar surface area (TPSA) is 27.4 Å². The van der Waals surface area contributed by atoms with E-state index in [1.165, 1.54) is 6.42 Å². The highest BCUT2D eigenvalue weighted by molar-refractivity contribution is 7.92. The molecule has 4 heteroatoms. The highest BCUT2D eigenvalue weighted by Gasteiger charge is 2.19. The Hall–Kier alpha value is -1.03. The first-order chi connectivity index (χ1) is 8.77. The van der Waals surface area contributed by atoms with Crippen LogP contribution in [0.3, 0.4) is 0 Å². The predicted molar refractivity (Wildman–Crippen MR) is 82.2 cm³/mol. The summed E-state index contributed by atoms with van der Waals surface area (Å²) in [6.45, 7) is 5.25. The van der Waals surface area contributed by atoms with Crippen LogP contribution in [0.15, 0.2) is 29.7 Å². The number of rotatable bonds is 7. The smallest absolute Gasteiger partial charge is 0.179 e. The van der Waals surface area contributed by atoms with Crippen molar-refractivity contribution in [2.75, 3.05) is 12.8 Å². The van der Waals surface area contributed by atoms with E-state index in [0.717, 1.165) is 13.0 Å². The Morgan fingerprint density at radius 3 is 3.06 bits per heavy atom. The molecule has 2 atom stereocenters. The predicted octanol–water partition coefficient (Wildman–Crippen LogP) is 3.06. The van der Waals surface area contributed by atoms with Gasteiger partial charge in [0, 0.05) is 37.8 Å². The second kappa shape index (κ2) is 8.97. The van der Waals surface area contributed by atoms with Gasteiger partial charge in [-0.2, -0.15) is 0 Å². The summed E-state index contributed by atoms with van der Waals surface area (Å²) in [4.78, 5) is 4.00. The molecule has 1 heterocycles. The maximum Gasteiger partial charge on any atom is 0.179 e. The van der Waals surface area contributed by atoms with Gasteiger partial charge in [-0.15, -0.1) is 3.98 Å². The fourth-order valence-corrected chi connectivity index (χ4v) is 2.34. The zero-order chi connectivity index (χ0) is 13.2. The zero-order valence-electron chi connectivity index (χ0n) is 11.5. The number of hydrogen-bond acceptors (Lipinski definition) is 3. The molecule has 3 nitrogen and oxygen atoms in total. The average Bonchev–Trinajstić information content (AvgIpc) is 2.42. The maximum atomic E-state index is 4.00. The van der Waals surface area contributed by atoms with Crippen LogP contribution in [-0.4, -0.2) is 29.2 Å². The Morgan fingerprint density at radius 2 is 2.44 bits per heavy atom. The molecule has 0 aliphatic carbocycles. The fourth-order valence-electron chi connectivity index (χ4n) is 1.91. The van der Waals surface area contributed by atoms with Gasteiger partial charge in [-0.1, -0.05) is 6.92 Å². The number of nitrogens with zero attached hydrogens (tertiary/aromatic N) is 2. The van der Waals surface area contributed by atoms with E-state index in [9.17, 15) is 0 Å². The number of allylic oxidation sites excluding steroid dienone is 1. The summed E-state index contributed by atoms with van der Waals surface area (Å²) in [5.74, 6) is 1.38. The van der Waals surface area contributed by atoms with Gasteiger partial charge >= 0.3 is 0 Å². The average molecular weight is 266 g/mol. The molecule has 0 bridgehead atoms. The first-order valence-corrected chi connectivity index (χ1v) is 7.66. The van der Waals surface area contributed by atoms with Crippen molar-refractivity contribution in [3.63, 3.8) is 0 Å². The summed E-state index contributed by atoms with van der Waals surface area (Å²) in [7, 11) is 0. The van der Waals surface area contributed by atoms with Crippen molar-refractivity contribution in [1.29, 1.82) is 0 Å². The lowest BCUT2D eigenvalue weighted by Crippen LogP contribution is -2.19. The van der Waals surface area contributed by atoms with Gasteiger partial charge < -0.3 is 5.32 Å². The van der Waals surface area contributed by atoms with Gasteiger partial charge in [-0.25, -0.2) is 0 Å². The molecule has 0 radical (unpaired) electrons. The quantitative estimate of drug-likeness (QED) is 0.332. The van der Waals surface area contributed by atoms with E-state index < -0.39 is 0 Å². The van der Waals surface area contributed by atoms with E-state index in [2.05, 4.69) is 46.0 Å². The Labute approximate surface area is 115 Å². The summed E-state index contributed by atoms with van der Waals surface area (Å²) in [5.41, 5.74) is 0. The van der Waals surface area contributed by atoms with E-state index in [1.54, 1.807) is 24.4 Å². The van der Waals surface area contributed by atoms with Crippen molar-refractivity contribution in [3.05, 3.63) is 24.7 Å². The second-order valence-electron chi connectivity index (χ2n) is 4.41. The molecule has 0 spiro atoms. The summed E-state index contributed by atoms with van der Waals surface area (Å²) < 4.78 is 2.17. The van der Waals surface area contributed by atoms with Gasteiger partial charge in [-0.05, 0) is 31.3 Å². The summed E-state index contributed by atoms with van der Waals surface area (Å²) in [6.07, 6.45) is 16.7. The third-order valence-electron chi connectivity index (χ3n) is 3.15. The molecule has 0 saturated heterocycles. The molecular weight excluding hydrogens is 242 g/mol. The van der Waals surface area contributed by atoms with E-state index in [1.807, 2.05) is 13.1 Å². The lowest BCUT2D eigenvalue weighted by Gasteiger charge is -2.19. The molecular formula is C14H24N3S+. The van der Waals surface area contributed by atoms with Crippen LogP contribution in [0, 0.1) is 11.8 Å². The molecule has 100 valence electrons. The molecule has 18 heavy (non-hydrogen) atoms. The van der Waals surface area contributed by atoms with Crippen molar-refractivity contribution < 1.29 is 3.98 Å². The van der Waals surface area contributed by atoms with E-state index >= 15 is 0 Å². The minimum Gasteiger partial charge on any atom is -0.390 e. The first-order valence-electron chi connectivity index (χ1n) is 6.48. The first kappa shape index (κ1) is 15.0. The number of nitrogens with one attached hydrogen (secondary N) is 1. The fraction of sp³-hybridized carbons (Fsp3) is 0.571. The van der Waals surface area contributed by atoms with E-state index in [4.69, 9.17) is 0 Å². The Morgan fingerprint density at radius 1 is 1.61 bits per heavy atom. The zero-order valence-corrected chi connectivity index (χ0v) is 12.4.